The van der Waals surface area contributed by atoms with E-state index in [0.29, 0.717) is 6.54 Å². The molecule has 0 saturated carbocycles. The Morgan fingerprint density at radius 3 is 2.59 bits per heavy atom. The molecule has 1 atom stereocenters. The first-order valence-electron chi connectivity index (χ1n) is 6.74. The van der Waals surface area contributed by atoms with E-state index in [0.717, 1.165) is 51.9 Å². The Balaban J connectivity index is 1.83. The van der Waals surface area contributed by atoms with E-state index in [1.807, 2.05) is 4.90 Å². The lowest BCUT2D eigenvalue weighted by Crippen LogP contribution is -2.47. The molecular weight excluding hydrogens is 216 g/mol. The highest BCUT2D eigenvalue weighted by Crippen LogP contribution is 2.28. The van der Waals surface area contributed by atoms with Crippen LogP contribution in [0.15, 0.2) is 0 Å². The molecule has 0 aromatic carbocycles. The van der Waals surface area contributed by atoms with Crippen LogP contribution in [0.5, 0.6) is 0 Å². The van der Waals surface area contributed by atoms with Gasteiger partial charge in [0.15, 0.2) is 0 Å². The molecule has 2 aliphatic rings. The predicted molar refractivity (Wildman–Crippen MR) is 66.7 cm³/mol. The number of aliphatic hydroxyl groups is 1. The third kappa shape index (κ3) is 3.19. The molecular formula is C13H24N2O2. The summed E-state index contributed by atoms with van der Waals surface area (Å²) in [6.07, 6.45) is 4.46. The number of amides is 1. The summed E-state index contributed by atoms with van der Waals surface area (Å²) in [5, 5.41) is 9.39. The van der Waals surface area contributed by atoms with Crippen LogP contribution in [0.25, 0.3) is 0 Å². The van der Waals surface area contributed by atoms with E-state index < -0.39 is 0 Å². The van der Waals surface area contributed by atoms with Crippen LogP contribution in [0.2, 0.25) is 0 Å². The van der Waals surface area contributed by atoms with E-state index in [9.17, 15) is 9.90 Å². The molecule has 17 heavy (non-hydrogen) atoms. The summed E-state index contributed by atoms with van der Waals surface area (Å²) in [6, 6.07) is 0. The van der Waals surface area contributed by atoms with Crippen LogP contribution in [0.4, 0.5) is 0 Å². The second-order valence-corrected chi connectivity index (χ2v) is 5.87. The number of nitrogens with zero attached hydrogens (tertiary/aromatic N) is 2. The molecule has 4 heteroatoms. The zero-order valence-electron chi connectivity index (χ0n) is 10.8. The van der Waals surface area contributed by atoms with Gasteiger partial charge >= 0.3 is 0 Å². The van der Waals surface area contributed by atoms with Crippen molar-refractivity contribution in [1.82, 2.24) is 9.80 Å². The second kappa shape index (κ2) is 5.36. The van der Waals surface area contributed by atoms with E-state index in [1.165, 1.54) is 0 Å². The van der Waals surface area contributed by atoms with Gasteiger partial charge in [-0.1, -0.05) is 6.92 Å². The Kier molecular flexibility index (Phi) is 4.05. The SMILES string of the molecule is CC1(CO)CCCN(CC(=O)N2CCCC2)C1. The molecule has 0 radical (unpaired) electrons. The number of likely N-dealkylation sites (tertiary alicyclic amines) is 2. The summed E-state index contributed by atoms with van der Waals surface area (Å²) in [5.74, 6) is 0.268. The Labute approximate surface area is 104 Å². The largest absolute Gasteiger partial charge is 0.396 e. The average molecular weight is 240 g/mol. The van der Waals surface area contributed by atoms with Crippen molar-refractivity contribution in [2.75, 3.05) is 39.3 Å². The van der Waals surface area contributed by atoms with Gasteiger partial charge in [-0.15, -0.1) is 0 Å². The van der Waals surface area contributed by atoms with Crippen LogP contribution >= 0.6 is 0 Å². The fourth-order valence-corrected chi connectivity index (χ4v) is 2.95. The molecule has 98 valence electrons. The van der Waals surface area contributed by atoms with Gasteiger partial charge < -0.3 is 10.0 Å². The summed E-state index contributed by atoms with van der Waals surface area (Å²) in [4.78, 5) is 16.2. The lowest BCUT2D eigenvalue weighted by molar-refractivity contribution is -0.132. The standard InChI is InChI=1S/C13H24N2O2/c1-13(11-16)5-4-6-14(10-13)9-12(17)15-7-2-3-8-15/h16H,2-11H2,1H3. The molecule has 0 aliphatic carbocycles. The van der Waals surface area contributed by atoms with Crippen LogP contribution in [0.1, 0.15) is 32.6 Å². The maximum Gasteiger partial charge on any atom is 0.236 e. The predicted octanol–water partition coefficient (Wildman–Crippen LogP) is 0.703. The van der Waals surface area contributed by atoms with E-state index in [4.69, 9.17) is 0 Å². The smallest absolute Gasteiger partial charge is 0.236 e. The van der Waals surface area contributed by atoms with Gasteiger partial charge in [0.25, 0.3) is 0 Å². The Hall–Kier alpha value is -0.610. The molecule has 1 N–H and O–H groups in total. The fraction of sp³-hybridized carbons (Fsp3) is 0.923. The minimum Gasteiger partial charge on any atom is -0.396 e. The number of rotatable bonds is 3. The van der Waals surface area contributed by atoms with Crippen molar-refractivity contribution in [3.8, 4) is 0 Å². The van der Waals surface area contributed by atoms with Gasteiger partial charge in [-0.05, 0) is 32.2 Å². The Morgan fingerprint density at radius 1 is 1.24 bits per heavy atom. The van der Waals surface area contributed by atoms with Crippen LogP contribution in [0.3, 0.4) is 0 Å². The van der Waals surface area contributed by atoms with Crippen LogP contribution < -0.4 is 0 Å². The van der Waals surface area contributed by atoms with E-state index in [2.05, 4.69) is 11.8 Å². The number of hydrogen-bond acceptors (Lipinski definition) is 3. The highest BCUT2D eigenvalue weighted by atomic mass is 16.3. The lowest BCUT2D eigenvalue weighted by Gasteiger charge is -2.39. The van der Waals surface area contributed by atoms with E-state index in [1.54, 1.807) is 0 Å². The Bertz CT molecular complexity index is 277. The normalized spacial score (nSPS) is 30.8. The van der Waals surface area contributed by atoms with E-state index >= 15 is 0 Å². The number of carbonyl (C=O) groups is 1. The van der Waals surface area contributed by atoms with E-state index in [-0.39, 0.29) is 17.9 Å². The monoisotopic (exact) mass is 240 g/mol. The number of hydrogen-bond donors (Lipinski definition) is 1. The van der Waals surface area contributed by atoms with Crippen LogP contribution in [-0.4, -0.2) is 60.1 Å². The molecule has 2 saturated heterocycles. The summed E-state index contributed by atoms with van der Waals surface area (Å²) in [7, 11) is 0. The molecule has 0 spiro atoms. The van der Waals surface area contributed by atoms with Crippen molar-refractivity contribution < 1.29 is 9.90 Å². The van der Waals surface area contributed by atoms with Crippen molar-refractivity contribution in [3.05, 3.63) is 0 Å². The molecule has 2 fully saturated rings. The second-order valence-electron chi connectivity index (χ2n) is 5.87. The summed E-state index contributed by atoms with van der Waals surface area (Å²) >= 11 is 0. The molecule has 0 bridgehead atoms. The van der Waals surface area contributed by atoms with Gasteiger partial charge in [-0.3, -0.25) is 9.69 Å². The summed E-state index contributed by atoms with van der Waals surface area (Å²) in [6.45, 7) is 6.59. The zero-order valence-corrected chi connectivity index (χ0v) is 10.8. The molecule has 0 aromatic heterocycles. The van der Waals surface area contributed by atoms with Gasteiger partial charge in [0.2, 0.25) is 5.91 Å². The zero-order chi connectivity index (χ0) is 12.3. The first kappa shape index (κ1) is 12.8. The fourth-order valence-electron chi connectivity index (χ4n) is 2.95. The molecule has 0 aromatic rings. The number of carbonyl (C=O) groups excluding carboxylic acids is 1. The van der Waals surface area contributed by atoms with Gasteiger partial charge in [-0.2, -0.15) is 0 Å². The average Bonchev–Trinajstić information content (AvgIpc) is 2.82. The van der Waals surface area contributed by atoms with Crippen molar-refractivity contribution in [1.29, 1.82) is 0 Å². The van der Waals surface area contributed by atoms with Gasteiger partial charge in [-0.25, -0.2) is 0 Å². The molecule has 1 unspecified atom stereocenters. The highest BCUT2D eigenvalue weighted by Gasteiger charge is 2.31. The molecule has 2 heterocycles. The van der Waals surface area contributed by atoms with Crippen molar-refractivity contribution >= 4 is 5.91 Å². The van der Waals surface area contributed by atoms with Crippen LogP contribution in [-0.2, 0) is 4.79 Å². The molecule has 2 rings (SSSR count). The minimum absolute atomic E-state index is 0.0104. The minimum atomic E-state index is -0.0104. The number of piperidine rings is 1. The maximum atomic E-state index is 12.0. The molecule has 4 nitrogen and oxygen atoms in total. The van der Waals surface area contributed by atoms with Gasteiger partial charge in [0, 0.05) is 31.7 Å². The topological polar surface area (TPSA) is 43.8 Å². The highest BCUT2D eigenvalue weighted by molar-refractivity contribution is 5.78. The van der Waals surface area contributed by atoms with Crippen molar-refractivity contribution in [3.63, 3.8) is 0 Å². The third-order valence-corrected chi connectivity index (χ3v) is 4.06. The lowest BCUT2D eigenvalue weighted by atomic mass is 9.83. The van der Waals surface area contributed by atoms with Gasteiger partial charge in [0.1, 0.15) is 0 Å². The van der Waals surface area contributed by atoms with Gasteiger partial charge in [0.05, 0.1) is 6.54 Å². The summed E-state index contributed by atoms with van der Waals surface area (Å²) in [5.41, 5.74) is -0.0104. The van der Waals surface area contributed by atoms with Crippen molar-refractivity contribution in [2.24, 2.45) is 5.41 Å². The van der Waals surface area contributed by atoms with Crippen molar-refractivity contribution in [2.45, 2.75) is 32.6 Å². The quantitative estimate of drug-likeness (QED) is 0.790. The number of aliphatic hydroxyl groups excluding tert-OH is 1. The maximum absolute atomic E-state index is 12.0. The summed E-state index contributed by atoms with van der Waals surface area (Å²) < 4.78 is 0. The van der Waals surface area contributed by atoms with Crippen LogP contribution in [0, 0.1) is 5.41 Å². The first-order valence-corrected chi connectivity index (χ1v) is 6.74. The molecule has 2 aliphatic heterocycles. The third-order valence-electron chi connectivity index (χ3n) is 4.06. The first-order chi connectivity index (χ1) is 8.13. The Morgan fingerprint density at radius 2 is 1.94 bits per heavy atom. The molecule has 1 amide bonds.